The van der Waals surface area contributed by atoms with Gasteiger partial charge in [-0.1, -0.05) is 6.92 Å². The zero-order chi connectivity index (χ0) is 10.3. The van der Waals surface area contributed by atoms with E-state index in [4.69, 9.17) is 10.5 Å². The maximum atomic E-state index is 11.1. The fourth-order valence-corrected chi connectivity index (χ4v) is 1.29. The predicted molar refractivity (Wildman–Crippen MR) is 50.2 cm³/mol. The Morgan fingerprint density at radius 1 is 1.46 bits per heavy atom. The maximum Gasteiger partial charge on any atom is 0.309 e. The van der Waals surface area contributed by atoms with Crippen molar-refractivity contribution in [2.75, 3.05) is 27.4 Å². The van der Waals surface area contributed by atoms with E-state index in [2.05, 4.69) is 4.74 Å². The van der Waals surface area contributed by atoms with Crippen LogP contribution in [0.25, 0.3) is 0 Å². The lowest BCUT2D eigenvalue weighted by atomic mass is 9.96. The van der Waals surface area contributed by atoms with E-state index in [1.807, 2.05) is 6.92 Å². The first-order valence-corrected chi connectivity index (χ1v) is 4.42. The van der Waals surface area contributed by atoms with Crippen molar-refractivity contribution >= 4 is 5.97 Å². The average Bonchev–Trinajstić information content (AvgIpc) is 2.13. The van der Waals surface area contributed by atoms with Crippen molar-refractivity contribution in [1.29, 1.82) is 0 Å². The molecule has 0 saturated heterocycles. The van der Waals surface area contributed by atoms with E-state index in [0.29, 0.717) is 19.1 Å². The Kier molecular flexibility index (Phi) is 6.54. The molecule has 0 aromatic heterocycles. The summed E-state index contributed by atoms with van der Waals surface area (Å²) in [7, 11) is 3.03. The van der Waals surface area contributed by atoms with Gasteiger partial charge in [-0.2, -0.15) is 0 Å². The van der Waals surface area contributed by atoms with E-state index in [1.54, 1.807) is 7.11 Å². The van der Waals surface area contributed by atoms with Gasteiger partial charge in [0.15, 0.2) is 0 Å². The average molecular weight is 189 g/mol. The van der Waals surface area contributed by atoms with Crippen molar-refractivity contribution in [2.24, 2.45) is 17.6 Å². The second kappa shape index (κ2) is 6.86. The van der Waals surface area contributed by atoms with Gasteiger partial charge < -0.3 is 15.2 Å². The van der Waals surface area contributed by atoms with Crippen molar-refractivity contribution in [3.8, 4) is 0 Å². The summed E-state index contributed by atoms with van der Waals surface area (Å²) in [5.41, 5.74) is 5.45. The first-order valence-electron chi connectivity index (χ1n) is 4.42. The molecular weight excluding hydrogens is 170 g/mol. The molecule has 0 aromatic rings. The summed E-state index contributed by atoms with van der Waals surface area (Å²) < 4.78 is 9.59. The summed E-state index contributed by atoms with van der Waals surface area (Å²) in [6.45, 7) is 3.00. The number of ether oxygens (including phenoxy) is 2. The fraction of sp³-hybridized carbons (Fsp3) is 0.889. The highest BCUT2D eigenvalue weighted by atomic mass is 16.5. The number of nitrogens with two attached hydrogens (primary N) is 1. The number of carbonyl (C=O) groups excluding carboxylic acids is 1. The Labute approximate surface area is 79.4 Å². The van der Waals surface area contributed by atoms with E-state index < -0.39 is 0 Å². The Bertz CT molecular complexity index is 150. The van der Waals surface area contributed by atoms with Crippen LogP contribution < -0.4 is 5.73 Å². The van der Waals surface area contributed by atoms with Crippen LogP contribution in [-0.4, -0.2) is 33.3 Å². The molecule has 2 N–H and O–H groups in total. The molecule has 0 aliphatic carbocycles. The molecule has 0 rings (SSSR count). The molecule has 4 nitrogen and oxygen atoms in total. The summed E-state index contributed by atoms with van der Waals surface area (Å²) in [4.78, 5) is 11.1. The standard InChI is InChI=1S/C9H19NO3/c1-7(6-12-2)4-8(5-10)9(11)13-3/h7-8H,4-6,10H2,1-3H3. The molecule has 0 aromatic carbocycles. The minimum Gasteiger partial charge on any atom is -0.469 e. The minimum absolute atomic E-state index is 0.199. The van der Waals surface area contributed by atoms with Crippen LogP contribution in [0.2, 0.25) is 0 Å². The molecular formula is C9H19NO3. The molecule has 0 saturated carbocycles. The molecule has 0 fully saturated rings. The van der Waals surface area contributed by atoms with Gasteiger partial charge in [0, 0.05) is 20.3 Å². The summed E-state index contributed by atoms with van der Waals surface area (Å²) in [6.07, 6.45) is 0.719. The number of carbonyl (C=O) groups is 1. The molecule has 0 bridgehead atoms. The van der Waals surface area contributed by atoms with Crippen molar-refractivity contribution in [2.45, 2.75) is 13.3 Å². The molecule has 2 unspecified atom stereocenters. The largest absolute Gasteiger partial charge is 0.469 e. The molecule has 0 spiro atoms. The van der Waals surface area contributed by atoms with Crippen LogP contribution in [0.5, 0.6) is 0 Å². The second-order valence-corrected chi connectivity index (χ2v) is 3.25. The number of hydrogen-bond donors (Lipinski definition) is 1. The van der Waals surface area contributed by atoms with Crippen LogP contribution in [0.1, 0.15) is 13.3 Å². The Morgan fingerprint density at radius 3 is 2.46 bits per heavy atom. The molecule has 78 valence electrons. The zero-order valence-electron chi connectivity index (χ0n) is 8.58. The van der Waals surface area contributed by atoms with Crippen LogP contribution in [-0.2, 0) is 14.3 Å². The van der Waals surface area contributed by atoms with Crippen molar-refractivity contribution < 1.29 is 14.3 Å². The third-order valence-electron chi connectivity index (χ3n) is 1.96. The maximum absolute atomic E-state index is 11.1. The highest BCUT2D eigenvalue weighted by Crippen LogP contribution is 2.12. The van der Waals surface area contributed by atoms with Crippen LogP contribution in [0, 0.1) is 11.8 Å². The van der Waals surface area contributed by atoms with Gasteiger partial charge >= 0.3 is 5.97 Å². The van der Waals surface area contributed by atoms with Crippen molar-refractivity contribution in [1.82, 2.24) is 0 Å². The third kappa shape index (κ3) is 4.85. The Hall–Kier alpha value is -0.610. The first-order chi connectivity index (χ1) is 6.15. The van der Waals surface area contributed by atoms with E-state index in [9.17, 15) is 4.79 Å². The van der Waals surface area contributed by atoms with E-state index in [-0.39, 0.29) is 11.9 Å². The summed E-state index contributed by atoms with van der Waals surface area (Å²) >= 11 is 0. The third-order valence-corrected chi connectivity index (χ3v) is 1.96. The summed E-state index contributed by atoms with van der Waals surface area (Å²) in [5.74, 6) is -0.0988. The van der Waals surface area contributed by atoms with Gasteiger partial charge in [-0.25, -0.2) is 0 Å². The second-order valence-electron chi connectivity index (χ2n) is 3.25. The highest BCUT2D eigenvalue weighted by Gasteiger charge is 2.19. The topological polar surface area (TPSA) is 61.5 Å². The lowest BCUT2D eigenvalue weighted by Crippen LogP contribution is -2.27. The van der Waals surface area contributed by atoms with Crippen molar-refractivity contribution in [3.63, 3.8) is 0 Å². The van der Waals surface area contributed by atoms with E-state index in [0.717, 1.165) is 6.42 Å². The van der Waals surface area contributed by atoms with Crippen LogP contribution in [0.3, 0.4) is 0 Å². The predicted octanol–water partition coefficient (Wildman–Crippen LogP) is 0.407. The lowest BCUT2D eigenvalue weighted by molar-refractivity contribution is -0.145. The number of esters is 1. The highest BCUT2D eigenvalue weighted by molar-refractivity contribution is 5.72. The Balaban J connectivity index is 3.89. The van der Waals surface area contributed by atoms with Gasteiger partial charge in [-0.3, -0.25) is 4.79 Å². The smallest absolute Gasteiger partial charge is 0.309 e. The minimum atomic E-state index is -0.231. The summed E-state index contributed by atoms with van der Waals surface area (Å²) in [5, 5.41) is 0. The monoisotopic (exact) mass is 189 g/mol. The molecule has 2 atom stereocenters. The van der Waals surface area contributed by atoms with Gasteiger partial charge in [0.25, 0.3) is 0 Å². The SMILES string of the molecule is COCC(C)CC(CN)C(=O)OC. The molecule has 0 aliphatic rings. The number of rotatable bonds is 6. The van der Waals surface area contributed by atoms with Gasteiger partial charge in [-0.15, -0.1) is 0 Å². The van der Waals surface area contributed by atoms with Crippen LogP contribution in [0.15, 0.2) is 0 Å². The zero-order valence-corrected chi connectivity index (χ0v) is 8.58. The normalized spacial score (nSPS) is 15.1. The van der Waals surface area contributed by atoms with E-state index in [1.165, 1.54) is 7.11 Å². The number of methoxy groups -OCH3 is 2. The lowest BCUT2D eigenvalue weighted by Gasteiger charge is -2.16. The summed E-state index contributed by atoms with van der Waals surface area (Å²) in [6, 6.07) is 0. The van der Waals surface area contributed by atoms with Crippen LogP contribution >= 0.6 is 0 Å². The van der Waals surface area contributed by atoms with Gasteiger partial charge in [0.05, 0.1) is 13.0 Å². The molecule has 4 heteroatoms. The molecule has 13 heavy (non-hydrogen) atoms. The quantitative estimate of drug-likeness (QED) is 0.615. The molecule has 0 radical (unpaired) electrons. The van der Waals surface area contributed by atoms with Crippen LogP contribution in [0.4, 0.5) is 0 Å². The Morgan fingerprint density at radius 2 is 2.08 bits per heavy atom. The fourth-order valence-electron chi connectivity index (χ4n) is 1.29. The molecule has 0 amide bonds. The van der Waals surface area contributed by atoms with E-state index >= 15 is 0 Å². The van der Waals surface area contributed by atoms with Gasteiger partial charge in [-0.05, 0) is 12.3 Å². The number of hydrogen-bond acceptors (Lipinski definition) is 4. The first kappa shape index (κ1) is 12.4. The van der Waals surface area contributed by atoms with Gasteiger partial charge in [0.2, 0.25) is 0 Å². The van der Waals surface area contributed by atoms with Gasteiger partial charge in [0.1, 0.15) is 0 Å². The molecule has 0 heterocycles. The molecule has 0 aliphatic heterocycles. The van der Waals surface area contributed by atoms with Crippen molar-refractivity contribution in [3.05, 3.63) is 0 Å².